The fraction of sp³-hybridized carbons (Fsp3) is 0.333. The van der Waals surface area contributed by atoms with Crippen molar-refractivity contribution in [1.29, 1.82) is 0 Å². The molecule has 0 saturated heterocycles. The van der Waals surface area contributed by atoms with E-state index in [2.05, 4.69) is 5.32 Å². The number of benzene rings is 2. The molecule has 0 aromatic heterocycles. The number of nitrogens with one attached hydrogen (secondary N) is 1. The summed E-state index contributed by atoms with van der Waals surface area (Å²) in [7, 11) is -2.10. The van der Waals surface area contributed by atoms with E-state index >= 15 is 0 Å². The highest BCUT2D eigenvalue weighted by molar-refractivity contribution is 7.90. The van der Waals surface area contributed by atoms with Gasteiger partial charge in [-0.1, -0.05) is 6.07 Å². The molecule has 2 N–H and O–H groups in total. The predicted octanol–water partition coefficient (Wildman–Crippen LogP) is 3.06. The number of halogens is 1. The fourth-order valence-corrected chi connectivity index (χ4v) is 4.65. The van der Waals surface area contributed by atoms with Crippen molar-refractivity contribution in [3.8, 4) is 11.5 Å². The van der Waals surface area contributed by atoms with Crippen LogP contribution in [0.2, 0.25) is 0 Å². The minimum Gasteiger partial charge on any atom is -0.493 e. The van der Waals surface area contributed by atoms with Gasteiger partial charge in [0.05, 0.1) is 43.3 Å². The molecule has 2 amide bonds. The van der Waals surface area contributed by atoms with Gasteiger partial charge in [0.25, 0.3) is 5.91 Å². The van der Waals surface area contributed by atoms with Crippen molar-refractivity contribution in [2.24, 2.45) is 0 Å². The van der Waals surface area contributed by atoms with Crippen LogP contribution in [0.25, 0.3) is 0 Å². The van der Waals surface area contributed by atoms with Crippen molar-refractivity contribution in [1.82, 2.24) is 4.90 Å². The van der Waals surface area contributed by atoms with Gasteiger partial charge in [0, 0.05) is 11.8 Å². The van der Waals surface area contributed by atoms with Crippen LogP contribution in [-0.4, -0.2) is 56.1 Å². The molecule has 0 saturated carbocycles. The zero-order chi connectivity index (χ0) is 23.6. The standard InChI is InChI=1S/C21H23FN2O7S/c1-4-31-18-9-12(5-8-17(18)30-2)16(11-32(3,28)29)24-10-13-14(22)6-7-15(23-21(26)27)19(13)20(24)25/h5-9,16,23H,4,10-11H2,1-3H3,(H,26,27)/t16-/m1/s1. The maximum atomic E-state index is 14.5. The lowest BCUT2D eigenvalue weighted by Gasteiger charge is -2.28. The highest BCUT2D eigenvalue weighted by Crippen LogP contribution is 2.39. The maximum Gasteiger partial charge on any atom is 0.409 e. The number of methoxy groups -OCH3 is 1. The minimum absolute atomic E-state index is 0.00158. The number of nitrogens with zero attached hydrogens (tertiary/aromatic N) is 1. The summed E-state index contributed by atoms with van der Waals surface area (Å²) in [4.78, 5) is 25.6. The number of sulfone groups is 1. The zero-order valence-corrected chi connectivity index (χ0v) is 18.5. The van der Waals surface area contributed by atoms with Crippen molar-refractivity contribution in [2.75, 3.05) is 31.0 Å². The molecule has 3 rings (SSSR count). The summed E-state index contributed by atoms with van der Waals surface area (Å²) >= 11 is 0. The molecule has 0 bridgehead atoms. The van der Waals surface area contributed by atoms with Gasteiger partial charge >= 0.3 is 6.09 Å². The lowest BCUT2D eigenvalue weighted by Crippen LogP contribution is -2.34. The summed E-state index contributed by atoms with van der Waals surface area (Å²) < 4.78 is 49.8. The molecule has 9 nitrogen and oxygen atoms in total. The Morgan fingerprint density at radius 1 is 1.28 bits per heavy atom. The molecule has 0 radical (unpaired) electrons. The molecular weight excluding hydrogens is 443 g/mol. The SMILES string of the molecule is CCOc1cc([C@@H](CS(C)(=O)=O)N2Cc3c(F)ccc(NC(=O)O)c3C2=O)ccc1OC. The minimum atomic E-state index is -3.57. The Kier molecular flexibility index (Phi) is 6.58. The van der Waals surface area contributed by atoms with Crippen molar-refractivity contribution >= 4 is 27.5 Å². The predicted molar refractivity (Wildman–Crippen MR) is 115 cm³/mol. The molecule has 0 spiro atoms. The monoisotopic (exact) mass is 466 g/mol. The third-order valence-corrected chi connectivity index (χ3v) is 5.93. The van der Waals surface area contributed by atoms with Crippen LogP contribution in [-0.2, 0) is 16.4 Å². The second kappa shape index (κ2) is 9.03. The van der Waals surface area contributed by atoms with E-state index in [1.807, 2.05) is 0 Å². The summed E-state index contributed by atoms with van der Waals surface area (Å²) in [5.74, 6) is -0.980. The molecular formula is C21H23FN2O7S. The molecule has 0 fully saturated rings. The molecule has 11 heteroatoms. The number of rotatable bonds is 8. The van der Waals surface area contributed by atoms with Gasteiger partial charge in [0.2, 0.25) is 0 Å². The number of fused-ring (bicyclic) bond motifs is 1. The average Bonchev–Trinajstić information content (AvgIpc) is 3.06. The summed E-state index contributed by atoms with van der Waals surface area (Å²) in [6, 6.07) is 6.05. The van der Waals surface area contributed by atoms with E-state index in [9.17, 15) is 22.4 Å². The van der Waals surface area contributed by atoms with E-state index in [-0.39, 0.29) is 23.4 Å². The van der Waals surface area contributed by atoms with E-state index in [0.29, 0.717) is 23.7 Å². The molecule has 2 aromatic carbocycles. The van der Waals surface area contributed by atoms with E-state index in [0.717, 1.165) is 18.4 Å². The van der Waals surface area contributed by atoms with Crippen LogP contribution < -0.4 is 14.8 Å². The summed E-state index contributed by atoms with van der Waals surface area (Å²) in [6.45, 7) is 1.89. The van der Waals surface area contributed by atoms with Crippen LogP contribution in [0.3, 0.4) is 0 Å². The largest absolute Gasteiger partial charge is 0.493 e. The van der Waals surface area contributed by atoms with Crippen molar-refractivity contribution < 1.29 is 37.0 Å². The van der Waals surface area contributed by atoms with Gasteiger partial charge in [-0.3, -0.25) is 10.1 Å². The number of hydrogen-bond acceptors (Lipinski definition) is 6. The molecule has 1 aliphatic heterocycles. The molecule has 1 atom stereocenters. The third-order valence-electron chi connectivity index (χ3n) is 5.01. The Labute approximate surface area is 184 Å². The zero-order valence-electron chi connectivity index (χ0n) is 17.7. The van der Waals surface area contributed by atoms with E-state index in [1.165, 1.54) is 12.0 Å². The van der Waals surface area contributed by atoms with E-state index < -0.39 is 39.4 Å². The van der Waals surface area contributed by atoms with E-state index in [1.54, 1.807) is 25.1 Å². The van der Waals surface area contributed by atoms with Gasteiger partial charge in [-0.2, -0.15) is 0 Å². The topological polar surface area (TPSA) is 122 Å². The Balaban J connectivity index is 2.10. The number of carbonyl (C=O) groups is 2. The summed E-state index contributed by atoms with van der Waals surface area (Å²) in [5, 5.41) is 11.2. The van der Waals surface area contributed by atoms with Gasteiger partial charge in [0.1, 0.15) is 15.7 Å². The number of anilines is 1. The van der Waals surface area contributed by atoms with Crippen LogP contribution in [0.5, 0.6) is 11.5 Å². The van der Waals surface area contributed by atoms with Crippen molar-refractivity contribution in [3.05, 3.63) is 52.8 Å². The van der Waals surface area contributed by atoms with Crippen molar-refractivity contribution in [2.45, 2.75) is 19.5 Å². The first-order valence-corrected chi connectivity index (χ1v) is 11.7. The summed E-state index contributed by atoms with van der Waals surface area (Å²) in [6.07, 6.45) is -0.368. The molecule has 32 heavy (non-hydrogen) atoms. The molecule has 0 aliphatic carbocycles. The summed E-state index contributed by atoms with van der Waals surface area (Å²) in [5.41, 5.74) is 0.251. The normalized spacial score (nSPS) is 14.1. The van der Waals surface area contributed by atoms with Gasteiger partial charge in [-0.05, 0) is 36.8 Å². The molecule has 172 valence electrons. The fourth-order valence-electron chi connectivity index (χ4n) is 3.70. The van der Waals surface area contributed by atoms with Crippen LogP contribution in [0, 0.1) is 5.82 Å². The quantitative estimate of drug-likeness (QED) is 0.613. The second-order valence-corrected chi connectivity index (χ2v) is 9.45. The Bertz CT molecular complexity index is 1170. The number of ether oxygens (including phenoxy) is 2. The Morgan fingerprint density at radius 2 is 2.00 bits per heavy atom. The number of hydrogen-bond donors (Lipinski definition) is 2. The molecule has 1 heterocycles. The third kappa shape index (κ3) is 4.77. The van der Waals surface area contributed by atoms with Gasteiger partial charge in [-0.15, -0.1) is 0 Å². The van der Waals surface area contributed by atoms with Crippen LogP contribution in [0.1, 0.15) is 34.5 Å². The Hall–Kier alpha value is -3.34. The molecule has 0 unspecified atom stereocenters. The van der Waals surface area contributed by atoms with E-state index in [4.69, 9.17) is 14.6 Å². The molecule has 1 aliphatic rings. The molecule has 2 aromatic rings. The maximum absolute atomic E-state index is 14.5. The average molecular weight is 466 g/mol. The first kappa shape index (κ1) is 23.3. The highest BCUT2D eigenvalue weighted by atomic mass is 32.2. The highest BCUT2D eigenvalue weighted by Gasteiger charge is 2.39. The lowest BCUT2D eigenvalue weighted by molar-refractivity contribution is 0.0718. The first-order valence-electron chi connectivity index (χ1n) is 9.66. The Morgan fingerprint density at radius 3 is 2.59 bits per heavy atom. The van der Waals surface area contributed by atoms with Gasteiger partial charge in [-0.25, -0.2) is 17.6 Å². The number of carboxylic acid groups (broad SMARTS) is 1. The van der Waals surface area contributed by atoms with Gasteiger partial charge < -0.3 is 19.5 Å². The van der Waals surface area contributed by atoms with Crippen LogP contribution in [0.4, 0.5) is 14.9 Å². The van der Waals surface area contributed by atoms with Gasteiger partial charge in [0.15, 0.2) is 11.5 Å². The lowest BCUT2D eigenvalue weighted by atomic mass is 10.1. The number of amides is 2. The van der Waals surface area contributed by atoms with Crippen molar-refractivity contribution in [3.63, 3.8) is 0 Å². The first-order chi connectivity index (χ1) is 15.1. The number of carbonyl (C=O) groups excluding carboxylic acids is 1. The second-order valence-electron chi connectivity index (χ2n) is 7.26. The smallest absolute Gasteiger partial charge is 0.409 e. The van der Waals surface area contributed by atoms with Crippen LogP contribution >= 0.6 is 0 Å². The van der Waals surface area contributed by atoms with Crippen LogP contribution in [0.15, 0.2) is 30.3 Å².